The molecular formula is C18H32Cl2O3. The van der Waals surface area contributed by atoms with Gasteiger partial charge in [0.05, 0.1) is 0 Å². The van der Waals surface area contributed by atoms with Crippen LogP contribution in [-0.2, 0) is 14.2 Å². The minimum absolute atomic E-state index is 0.238. The van der Waals surface area contributed by atoms with Gasteiger partial charge in [-0.1, -0.05) is 24.3 Å². The van der Waals surface area contributed by atoms with Crippen LogP contribution in [0.3, 0.4) is 0 Å². The van der Waals surface area contributed by atoms with E-state index in [4.69, 9.17) is 37.4 Å². The molecule has 0 aromatic rings. The fourth-order valence-corrected chi connectivity index (χ4v) is 2.29. The third kappa shape index (κ3) is 15.2. The van der Waals surface area contributed by atoms with Crippen LogP contribution in [0.15, 0.2) is 24.3 Å². The summed E-state index contributed by atoms with van der Waals surface area (Å²) < 4.78 is 16.6. The third-order valence-corrected chi connectivity index (χ3v) is 3.84. The van der Waals surface area contributed by atoms with E-state index in [9.17, 15) is 0 Å². The summed E-state index contributed by atoms with van der Waals surface area (Å²) in [4.78, 5) is 0. The first-order valence-electron chi connectivity index (χ1n) is 8.41. The standard InChI is InChI=1S/C18H32Cl2O3/c1-21-17(13-9-5-3-7-11-15-19)23-18(22-2)14-10-6-4-8-12-16-20/h3-6,17-18H,7-16H2,1-2H3. The quantitative estimate of drug-likeness (QED) is 0.152. The van der Waals surface area contributed by atoms with E-state index in [1.165, 1.54) is 0 Å². The molecule has 0 aliphatic rings. The van der Waals surface area contributed by atoms with E-state index >= 15 is 0 Å². The fourth-order valence-electron chi connectivity index (χ4n) is 1.98. The van der Waals surface area contributed by atoms with Gasteiger partial charge in [0.1, 0.15) is 0 Å². The second kappa shape index (κ2) is 18.3. The van der Waals surface area contributed by atoms with Crippen molar-refractivity contribution < 1.29 is 14.2 Å². The monoisotopic (exact) mass is 366 g/mol. The van der Waals surface area contributed by atoms with Crippen LogP contribution in [0, 0.1) is 0 Å². The number of hydrogen-bond acceptors (Lipinski definition) is 3. The Morgan fingerprint density at radius 2 is 1.09 bits per heavy atom. The minimum Gasteiger partial charge on any atom is -0.356 e. The predicted molar refractivity (Wildman–Crippen MR) is 99.3 cm³/mol. The highest BCUT2D eigenvalue weighted by Gasteiger charge is 2.14. The van der Waals surface area contributed by atoms with E-state index in [0.717, 1.165) is 51.4 Å². The molecule has 23 heavy (non-hydrogen) atoms. The summed E-state index contributed by atoms with van der Waals surface area (Å²) >= 11 is 11.3. The Balaban J connectivity index is 3.91. The van der Waals surface area contributed by atoms with Crippen LogP contribution >= 0.6 is 23.2 Å². The Morgan fingerprint density at radius 3 is 1.43 bits per heavy atom. The van der Waals surface area contributed by atoms with E-state index in [1.54, 1.807) is 14.2 Å². The number of alkyl halides is 2. The smallest absolute Gasteiger partial charge is 0.160 e. The molecule has 0 N–H and O–H groups in total. The van der Waals surface area contributed by atoms with Crippen molar-refractivity contribution in [2.75, 3.05) is 26.0 Å². The number of ether oxygens (including phenoxy) is 3. The zero-order chi connectivity index (χ0) is 17.2. The average Bonchev–Trinajstić information content (AvgIpc) is 2.58. The molecule has 2 unspecified atom stereocenters. The lowest BCUT2D eigenvalue weighted by molar-refractivity contribution is -0.232. The second-order valence-corrected chi connectivity index (χ2v) is 5.98. The highest BCUT2D eigenvalue weighted by Crippen LogP contribution is 2.13. The lowest BCUT2D eigenvalue weighted by Crippen LogP contribution is -2.25. The van der Waals surface area contributed by atoms with E-state index in [2.05, 4.69) is 24.3 Å². The highest BCUT2D eigenvalue weighted by atomic mass is 35.5. The molecule has 0 bridgehead atoms. The molecule has 0 rings (SSSR count). The van der Waals surface area contributed by atoms with Crippen LogP contribution in [0.25, 0.3) is 0 Å². The zero-order valence-electron chi connectivity index (χ0n) is 14.5. The Kier molecular flexibility index (Phi) is 18.2. The van der Waals surface area contributed by atoms with Crippen molar-refractivity contribution in [1.82, 2.24) is 0 Å². The first kappa shape index (κ1) is 22.9. The molecule has 2 atom stereocenters. The molecule has 136 valence electrons. The molecule has 0 aliphatic carbocycles. The zero-order valence-corrected chi connectivity index (χ0v) is 16.0. The van der Waals surface area contributed by atoms with E-state index in [0.29, 0.717) is 11.8 Å². The summed E-state index contributed by atoms with van der Waals surface area (Å²) in [5, 5.41) is 0. The van der Waals surface area contributed by atoms with E-state index in [1.807, 2.05) is 0 Å². The molecule has 0 saturated carbocycles. The SMILES string of the molecule is COC(CCC=CCCCCl)OC(CCC=CCCCCl)OC. The molecular weight excluding hydrogens is 335 g/mol. The number of allylic oxidation sites excluding steroid dienone is 4. The summed E-state index contributed by atoms with van der Waals surface area (Å²) in [6.45, 7) is 0. The van der Waals surface area contributed by atoms with Crippen molar-refractivity contribution in [2.24, 2.45) is 0 Å². The molecule has 0 radical (unpaired) electrons. The summed E-state index contributed by atoms with van der Waals surface area (Å²) in [5.41, 5.74) is 0. The van der Waals surface area contributed by atoms with E-state index < -0.39 is 0 Å². The van der Waals surface area contributed by atoms with Gasteiger partial charge >= 0.3 is 0 Å². The Morgan fingerprint density at radius 1 is 0.696 bits per heavy atom. The second-order valence-electron chi connectivity index (χ2n) is 5.23. The largest absolute Gasteiger partial charge is 0.356 e. The molecule has 0 fully saturated rings. The van der Waals surface area contributed by atoms with Crippen molar-refractivity contribution >= 4 is 23.2 Å². The summed E-state index contributed by atoms with van der Waals surface area (Å²) in [6.07, 6.45) is 15.7. The maximum Gasteiger partial charge on any atom is 0.160 e. The fraction of sp³-hybridized carbons (Fsp3) is 0.778. The van der Waals surface area contributed by atoms with Crippen molar-refractivity contribution in [3.63, 3.8) is 0 Å². The number of halogens is 2. The van der Waals surface area contributed by atoms with Gasteiger partial charge in [0.2, 0.25) is 0 Å². The van der Waals surface area contributed by atoms with Crippen molar-refractivity contribution in [1.29, 1.82) is 0 Å². The lowest BCUT2D eigenvalue weighted by atomic mass is 10.2. The van der Waals surface area contributed by atoms with Gasteiger partial charge in [0.15, 0.2) is 12.6 Å². The van der Waals surface area contributed by atoms with Gasteiger partial charge in [-0.3, -0.25) is 0 Å². The number of hydrogen-bond donors (Lipinski definition) is 0. The van der Waals surface area contributed by atoms with Gasteiger partial charge in [-0.25, -0.2) is 0 Å². The summed E-state index contributed by atoms with van der Waals surface area (Å²) in [7, 11) is 3.33. The van der Waals surface area contributed by atoms with Crippen LogP contribution < -0.4 is 0 Å². The van der Waals surface area contributed by atoms with Gasteiger partial charge < -0.3 is 14.2 Å². The maximum atomic E-state index is 5.85. The topological polar surface area (TPSA) is 27.7 Å². The lowest BCUT2D eigenvalue weighted by Gasteiger charge is -2.22. The summed E-state index contributed by atoms with van der Waals surface area (Å²) in [5.74, 6) is 1.42. The van der Waals surface area contributed by atoms with Crippen LogP contribution in [0.2, 0.25) is 0 Å². The third-order valence-electron chi connectivity index (χ3n) is 3.31. The molecule has 0 saturated heterocycles. The predicted octanol–water partition coefficient (Wildman–Crippen LogP) is 5.66. The van der Waals surface area contributed by atoms with Gasteiger partial charge in [0, 0.05) is 38.8 Å². The average molecular weight is 367 g/mol. The van der Waals surface area contributed by atoms with Gasteiger partial charge in [0.25, 0.3) is 0 Å². The number of rotatable bonds is 16. The first-order valence-corrected chi connectivity index (χ1v) is 9.48. The number of methoxy groups -OCH3 is 2. The van der Waals surface area contributed by atoms with Gasteiger partial charge in [-0.2, -0.15) is 0 Å². The molecule has 0 aromatic carbocycles. The Hall–Kier alpha value is -0.0600. The molecule has 0 aromatic heterocycles. The molecule has 3 nitrogen and oxygen atoms in total. The molecule has 5 heteroatoms. The molecule has 0 heterocycles. The molecule has 0 amide bonds. The van der Waals surface area contributed by atoms with Crippen LogP contribution in [0.1, 0.15) is 51.4 Å². The minimum atomic E-state index is -0.238. The highest BCUT2D eigenvalue weighted by molar-refractivity contribution is 6.18. The van der Waals surface area contributed by atoms with Gasteiger partial charge in [-0.15, -0.1) is 23.2 Å². The van der Waals surface area contributed by atoms with E-state index in [-0.39, 0.29) is 12.6 Å². The summed E-state index contributed by atoms with van der Waals surface area (Å²) in [6, 6.07) is 0. The van der Waals surface area contributed by atoms with Crippen LogP contribution in [-0.4, -0.2) is 38.6 Å². The normalized spacial score (nSPS) is 14.8. The Bertz CT molecular complexity index is 268. The van der Waals surface area contributed by atoms with Crippen LogP contribution in [0.5, 0.6) is 0 Å². The number of unbranched alkanes of at least 4 members (excludes halogenated alkanes) is 2. The molecule has 0 spiro atoms. The maximum absolute atomic E-state index is 5.85. The van der Waals surface area contributed by atoms with Crippen molar-refractivity contribution in [2.45, 2.75) is 63.9 Å². The Labute approximate surface area is 152 Å². The first-order chi connectivity index (χ1) is 11.3. The van der Waals surface area contributed by atoms with Gasteiger partial charge in [-0.05, 0) is 38.5 Å². The van der Waals surface area contributed by atoms with Crippen molar-refractivity contribution in [3.8, 4) is 0 Å². The van der Waals surface area contributed by atoms with Crippen molar-refractivity contribution in [3.05, 3.63) is 24.3 Å². The molecule has 0 aliphatic heterocycles. The van der Waals surface area contributed by atoms with Crippen LogP contribution in [0.4, 0.5) is 0 Å².